The fourth-order valence-corrected chi connectivity index (χ4v) is 4.59. The van der Waals surface area contributed by atoms with E-state index in [0.29, 0.717) is 23.6 Å². The minimum absolute atomic E-state index is 0.0121. The molecule has 5 atom stereocenters. The van der Waals surface area contributed by atoms with E-state index >= 15 is 0 Å². The number of nitrogens with zero attached hydrogens (tertiary/aromatic N) is 2. The maximum Gasteiger partial charge on any atom is 0.310 e. The Kier molecular flexibility index (Phi) is 2.60. The third kappa shape index (κ3) is 1.77. The molecule has 2 bridgehead atoms. The van der Waals surface area contributed by atoms with Gasteiger partial charge >= 0.3 is 5.97 Å². The first kappa shape index (κ1) is 13.1. The highest BCUT2D eigenvalue weighted by molar-refractivity contribution is 5.78. The van der Waals surface area contributed by atoms with Crippen LogP contribution in [0.5, 0.6) is 5.75 Å². The van der Waals surface area contributed by atoms with Crippen molar-refractivity contribution in [1.82, 2.24) is 10.1 Å². The number of fused-ring (bicyclic) bond motifs is 1. The molecule has 2 saturated carbocycles. The molecule has 6 nitrogen and oxygen atoms in total. The van der Waals surface area contributed by atoms with E-state index in [9.17, 15) is 4.79 Å². The fourth-order valence-electron chi connectivity index (χ4n) is 4.59. The third-order valence-electron chi connectivity index (χ3n) is 5.54. The van der Waals surface area contributed by atoms with Gasteiger partial charge in [0.05, 0.1) is 18.9 Å². The lowest BCUT2D eigenvalue weighted by molar-refractivity contribution is -0.143. The molecule has 5 rings (SSSR count). The van der Waals surface area contributed by atoms with E-state index in [1.807, 2.05) is 24.3 Å². The van der Waals surface area contributed by atoms with Crippen LogP contribution in [0.1, 0.15) is 24.7 Å². The number of hydrogen-bond acceptors (Lipinski definition) is 6. The monoisotopic (exact) mass is 312 g/mol. The topological polar surface area (TPSA) is 74.5 Å². The summed E-state index contributed by atoms with van der Waals surface area (Å²) in [6, 6.07) is 7.54. The first-order valence-electron chi connectivity index (χ1n) is 7.93. The van der Waals surface area contributed by atoms with Crippen molar-refractivity contribution in [3.05, 3.63) is 30.2 Å². The summed E-state index contributed by atoms with van der Waals surface area (Å²) in [4.78, 5) is 16.7. The van der Waals surface area contributed by atoms with Gasteiger partial charge in [0.1, 0.15) is 11.9 Å². The molecule has 2 aliphatic carbocycles. The lowest BCUT2D eigenvalue weighted by atomic mass is 9.80. The molecule has 23 heavy (non-hydrogen) atoms. The minimum Gasteiger partial charge on any atom is -0.497 e. The summed E-state index contributed by atoms with van der Waals surface area (Å²) in [5.74, 6) is 2.42. The predicted molar refractivity (Wildman–Crippen MR) is 78.6 cm³/mol. The number of ether oxygens (including phenoxy) is 2. The number of methoxy groups -OCH3 is 1. The van der Waals surface area contributed by atoms with Gasteiger partial charge in [-0.15, -0.1) is 0 Å². The largest absolute Gasteiger partial charge is 0.497 e. The number of aromatic nitrogens is 2. The van der Waals surface area contributed by atoms with Crippen molar-refractivity contribution in [3.8, 4) is 17.1 Å². The third-order valence-corrected chi connectivity index (χ3v) is 5.54. The van der Waals surface area contributed by atoms with Gasteiger partial charge in [0, 0.05) is 11.5 Å². The Bertz CT molecular complexity index is 784. The maximum atomic E-state index is 12.1. The summed E-state index contributed by atoms with van der Waals surface area (Å²) in [7, 11) is 1.62. The van der Waals surface area contributed by atoms with Crippen LogP contribution in [0.4, 0.5) is 0 Å². The van der Waals surface area contributed by atoms with Crippen molar-refractivity contribution < 1.29 is 18.8 Å². The fraction of sp³-hybridized carbons (Fsp3) is 0.471. The minimum atomic E-state index is -0.0997. The highest BCUT2D eigenvalue weighted by Crippen LogP contribution is 2.61. The molecule has 1 aliphatic heterocycles. The number of carbonyl (C=O) groups is 1. The molecule has 1 aromatic carbocycles. The molecule has 0 N–H and O–H groups in total. The normalized spacial score (nSPS) is 34.0. The molecular weight excluding hydrogens is 296 g/mol. The summed E-state index contributed by atoms with van der Waals surface area (Å²) in [6.45, 7) is 0. The highest BCUT2D eigenvalue weighted by atomic mass is 16.6. The first-order valence-corrected chi connectivity index (χ1v) is 7.93. The van der Waals surface area contributed by atoms with Crippen molar-refractivity contribution in [2.45, 2.75) is 24.9 Å². The Balaban J connectivity index is 1.49. The van der Waals surface area contributed by atoms with Crippen molar-refractivity contribution in [3.63, 3.8) is 0 Å². The van der Waals surface area contributed by atoms with Crippen molar-refractivity contribution >= 4 is 5.97 Å². The summed E-state index contributed by atoms with van der Waals surface area (Å²) in [5.41, 5.74) is 0.842. The number of benzene rings is 1. The molecule has 2 heterocycles. The van der Waals surface area contributed by atoms with E-state index < -0.39 is 0 Å². The molecule has 0 radical (unpaired) electrons. The molecule has 0 amide bonds. The zero-order chi connectivity index (χ0) is 15.6. The molecule has 3 aliphatic rings. The first-order chi connectivity index (χ1) is 11.2. The SMILES string of the molecule is COc1cccc(-c2noc([C@H]3[C@@H]4C[C@@H]5[C@@H]3C(=O)O[C@@H]5C4)n2)c1. The summed E-state index contributed by atoms with van der Waals surface area (Å²) >= 11 is 0. The number of carbonyl (C=O) groups excluding carboxylic acids is 1. The number of esters is 1. The van der Waals surface area contributed by atoms with Crippen LogP contribution in [0.3, 0.4) is 0 Å². The summed E-state index contributed by atoms with van der Waals surface area (Å²) < 4.78 is 16.2. The molecule has 0 unspecified atom stereocenters. The van der Waals surface area contributed by atoms with E-state index in [1.54, 1.807) is 7.11 Å². The molecule has 1 saturated heterocycles. The average Bonchev–Trinajstić information content (AvgIpc) is 3.30. The predicted octanol–water partition coefficient (Wildman–Crippen LogP) is 2.41. The van der Waals surface area contributed by atoms with E-state index in [-0.39, 0.29) is 23.9 Å². The Hall–Kier alpha value is -2.37. The Morgan fingerprint density at radius 2 is 2.17 bits per heavy atom. The highest BCUT2D eigenvalue weighted by Gasteiger charge is 2.63. The van der Waals surface area contributed by atoms with Crippen LogP contribution in [0, 0.1) is 17.8 Å². The van der Waals surface area contributed by atoms with Gasteiger partial charge in [-0.2, -0.15) is 4.98 Å². The van der Waals surface area contributed by atoms with Gasteiger partial charge in [-0.05, 0) is 30.9 Å². The van der Waals surface area contributed by atoms with Gasteiger partial charge in [-0.1, -0.05) is 17.3 Å². The van der Waals surface area contributed by atoms with Crippen LogP contribution in [-0.4, -0.2) is 29.3 Å². The van der Waals surface area contributed by atoms with E-state index in [2.05, 4.69) is 10.1 Å². The lowest BCUT2D eigenvalue weighted by Gasteiger charge is -2.20. The quantitative estimate of drug-likeness (QED) is 0.810. The maximum absolute atomic E-state index is 12.1. The van der Waals surface area contributed by atoms with Crippen LogP contribution in [0.15, 0.2) is 28.8 Å². The van der Waals surface area contributed by atoms with Crippen LogP contribution in [0.2, 0.25) is 0 Å². The molecule has 1 aromatic heterocycles. The Morgan fingerprint density at radius 1 is 1.26 bits per heavy atom. The van der Waals surface area contributed by atoms with Gasteiger partial charge in [-0.3, -0.25) is 4.79 Å². The van der Waals surface area contributed by atoms with E-state index in [4.69, 9.17) is 14.0 Å². The molecule has 118 valence electrons. The van der Waals surface area contributed by atoms with Crippen molar-refractivity contribution in [2.24, 2.45) is 17.8 Å². The van der Waals surface area contributed by atoms with Crippen LogP contribution >= 0.6 is 0 Å². The van der Waals surface area contributed by atoms with Crippen LogP contribution < -0.4 is 4.74 Å². The number of rotatable bonds is 3. The summed E-state index contributed by atoms with van der Waals surface area (Å²) in [5, 5.41) is 4.10. The molecule has 3 fully saturated rings. The van der Waals surface area contributed by atoms with E-state index in [1.165, 1.54) is 0 Å². The van der Waals surface area contributed by atoms with Gasteiger partial charge < -0.3 is 14.0 Å². The van der Waals surface area contributed by atoms with Gasteiger partial charge in [0.2, 0.25) is 11.7 Å². The molecule has 0 spiro atoms. The molecule has 2 aromatic rings. The Morgan fingerprint density at radius 3 is 3.04 bits per heavy atom. The standard InChI is InChI=1S/C17H16N2O4/c1-21-10-4-2-3-8(5-10)15-18-16(23-19-15)13-9-6-11-12(7-9)22-17(20)14(11)13/h2-5,9,11-14H,6-7H2,1H3/t9-,11+,12-,13+,14+/m1/s1. The Labute approximate surface area is 132 Å². The second kappa shape index (κ2) is 4.57. The second-order valence-electron chi connectivity index (χ2n) is 6.61. The van der Waals surface area contributed by atoms with Crippen molar-refractivity contribution in [1.29, 1.82) is 0 Å². The van der Waals surface area contributed by atoms with E-state index in [0.717, 1.165) is 24.2 Å². The number of hydrogen-bond donors (Lipinski definition) is 0. The molecular formula is C17H16N2O4. The van der Waals surface area contributed by atoms with Crippen LogP contribution in [0.25, 0.3) is 11.4 Å². The van der Waals surface area contributed by atoms with Crippen molar-refractivity contribution in [2.75, 3.05) is 7.11 Å². The summed E-state index contributed by atoms with van der Waals surface area (Å²) in [6.07, 6.45) is 2.08. The van der Waals surface area contributed by atoms with Crippen LogP contribution in [-0.2, 0) is 9.53 Å². The van der Waals surface area contributed by atoms with Gasteiger partial charge in [0.15, 0.2) is 0 Å². The smallest absolute Gasteiger partial charge is 0.310 e. The van der Waals surface area contributed by atoms with Gasteiger partial charge in [-0.25, -0.2) is 0 Å². The van der Waals surface area contributed by atoms with Gasteiger partial charge in [0.25, 0.3) is 0 Å². The average molecular weight is 312 g/mol. The molecule has 6 heteroatoms. The lowest BCUT2D eigenvalue weighted by Crippen LogP contribution is -2.24. The zero-order valence-electron chi connectivity index (χ0n) is 12.6. The second-order valence-corrected chi connectivity index (χ2v) is 6.61. The zero-order valence-corrected chi connectivity index (χ0v) is 12.6.